The van der Waals surface area contributed by atoms with Crippen molar-refractivity contribution < 1.29 is 5.21 Å². The van der Waals surface area contributed by atoms with Gasteiger partial charge in [-0.25, -0.2) is 0 Å². The van der Waals surface area contributed by atoms with Crippen molar-refractivity contribution >= 4 is 11.4 Å². The fourth-order valence-corrected chi connectivity index (χ4v) is 2.82. The summed E-state index contributed by atoms with van der Waals surface area (Å²) < 4.78 is 0. The van der Waals surface area contributed by atoms with Crippen molar-refractivity contribution in [2.45, 2.75) is 26.7 Å². The first kappa shape index (κ1) is 14.9. The number of rotatable bonds is 5. The van der Waals surface area contributed by atoms with Gasteiger partial charge in [0.2, 0.25) is 0 Å². The third kappa shape index (κ3) is 3.31. The molecule has 1 heterocycles. The minimum atomic E-state index is 0.811. The Bertz CT molecular complexity index is 455. The van der Waals surface area contributed by atoms with Crippen LogP contribution in [0.2, 0.25) is 0 Å². The monoisotopic (exact) mass is 275 g/mol. The minimum Gasteiger partial charge on any atom is -0.411 e. The zero-order chi connectivity index (χ0) is 14.4. The van der Waals surface area contributed by atoms with Crippen LogP contribution in [-0.2, 0) is 0 Å². The van der Waals surface area contributed by atoms with E-state index in [-0.39, 0.29) is 0 Å². The summed E-state index contributed by atoms with van der Waals surface area (Å²) in [5.41, 5.74) is 3.09. The fraction of sp³-hybridized carbons (Fsp3) is 0.562. The van der Waals surface area contributed by atoms with Crippen molar-refractivity contribution in [1.29, 1.82) is 0 Å². The van der Waals surface area contributed by atoms with Crippen LogP contribution < -0.4 is 4.90 Å². The number of anilines is 1. The molecule has 0 saturated carbocycles. The molecule has 1 aliphatic heterocycles. The zero-order valence-electron chi connectivity index (χ0n) is 12.5. The highest BCUT2D eigenvalue weighted by Gasteiger charge is 2.19. The molecule has 0 unspecified atom stereocenters. The predicted molar refractivity (Wildman–Crippen MR) is 84.0 cm³/mol. The molecule has 0 aromatic heterocycles. The first-order chi connectivity index (χ1) is 9.80. The Morgan fingerprint density at radius 1 is 1.25 bits per heavy atom. The standard InChI is InChI=1S/C16H25N3O/c1-3-18(4-2)12-13-19-11-7-9-15(17-20)14-8-5-6-10-16(14)19/h5-6,8,10,20H,3-4,7,9,11-13H2,1-2H3/b17-15-. The van der Waals surface area contributed by atoms with Crippen molar-refractivity contribution in [3.8, 4) is 0 Å². The highest BCUT2D eigenvalue weighted by atomic mass is 16.4. The van der Waals surface area contributed by atoms with Crippen LogP contribution in [0.3, 0.4) is 0 Å². The van der Waals surface area contributed by atoms with Gasteiger partial charge in [0.1, 0.15) is 0 Å². The van der Waals surface area contributed by atoms with Crippen LogP contribution in [0, 0.1) is 0 Å². The van der Waals surface area contributed by atoms with E-state index < -0.39 is 0 Å². The molecule has 1 aromatic carbocycles. The van der Waals surface area contributed by atoms with E-state index >= 15 is 0 Å². The first-order valence-corrected chi connectivity index (χ1v) is 7.57. The van der Waals surface area contributed by atoms with E-state index in [9.17, 15) is 5.21 Å². The van der Waals surface area contributed by atoms with Gasteiger partial charge in [-0.3, -0.25) is 0 Å². The molecule has 0 fully saturated rings. The molecular formula is C16H25N3O. The van der Waals surface area contributed by atoms with E-state index in [1.165, 1.54) is 5.69 Å². The van der Waals surface area contributed by atoms with Crippen molar-refractivity contribution in [2.75, 3.05) is 37.6 Å². The SMILES string of the molecule is CCN(CC)CCN1CCC/C(=N/O)c2ccccc21. The summed E-state index contributed by atoms with van der Waals surface area (Å²) in [7, 11) is 0. The number of nitrogens with zero attached hydrogens (tertiary/aromatic N) is 3. The van der Waals surface area contributed by atoms with Crippen molar-refractivity contribution in [1.82, 2.24) is 4.90 Å². The van der Waals surface area contributed by atoms with Gasteiger partial charge in [-0.2, -0.15) is 0 Å². The van der Waals surface area contributed by atoms with Gasteiger partial charge >= 0.3 is 0 Å². The Labute approximate surface area is 121 Å². The van der Waals surface area contributed by atoms with Gasteiger partial charge in [-0.05, 0) is 32.0 Å². The molecule has 0 radical (unpaired) electrons. The van der Waals surface area contributed by atoms with Crippen molar-refractivity contribution in [2.24, 2.45) is 5.16 Å². The largest absolute Gasteiger partial charge is 0.411 e. The van der Waals surface area contributed by atoms with E-state index in [1.54, 1.807) is 0 Å². The molecule has 1 N–H and O–H groups in total. The maximum absolute atomic E-state index is 9.20. The summed E-state index contributed by atoms with van der Waals surface area (Å²) in [5.74, 6) is 0. The van der Waals surface area contributed by atoms with Gasteiger partial charge in [-0.15, -0.1) is 0 Å². The fourth-order valence-electron chi connectivity index (χ4n) is 2.82. The number of fused-ring (bicyclic) bond motifs is 1. The Morgan fingerprint density at radius 3 is 2.70 bits per heavy atom. The van der Waals surface area contributed by atoms with Crippen LogP contribution >= 0.6 is 0 Å². The van der Waals surface area contributed by atoms with Crippen LogP contribution in [0.1, 0.15) is 32.3 Å². The van der Waals surface area contributed by atoms with Gasteiger partial charge in [0, 0.05) is 30.9 Å². The van der Waals surface area contributed by atoms with E-state index in [0.29, 0.717) is 0 Å². The molecule has 0 amide bonds. The highest BCUT2D eigenvalue weighted by molar-refractivity contribution is 6.05. The van der Waals surface area contributed by atoms with Crippen LogP contribution in [0.25, 0.3) is 0 Å². The third-order valence-electron chi connectivity index (χ3n) is 4.10. The molecule has 110 valence electrons. The van der Waals surface area contributed by atoms with Crippen LogP contribution in [0.5, 0.6) is 0 Å². The zero-order valence-corrected chi connectivity index (χ0v) is 12.5. The molecule has 0 aliphatic carbocycles. The van der Waals surface area contributed by atoms with Crippen LogP contribution in [0.15, 0.2) is 29.4 Å². The normalized spacial score (nSPS) is 17.4. The number of likely N-dealkylation sites (N-methyl/N-ethyl adjacent to an activating group) is 1. The Kier molecular flexibility index (Phi) is 5.41. The summed E-state index contributed by atoms with van der Waals surface area (Å²) in [6, 6.07) is 8.26. The second kappa shape index (κ2) is 7.29. The molecule has 1 aliphatic rings. The summed E-state index contributed by atoms with van der Waals surface area (Å²) >= 11 is 0. The quantitative estimate of drug-likeness (QED) is 0.663. The molecule has 0 saturated heterocycles. The Balaban J connectivity index is 2.17. The molecule has 1 aromatic rings. The lowest BCUT2D eigenvalue weighted by atomic mass is 10.1. The Hall–Kier alpha value is -1.55. The van der Waals surface area contributed by atoms with Crippen molar-refractivity contribution in [3.63, 3.8) is 0 Å². The summed E-state index contributed by atoms with van der Waals surface area (Å²) in [6.45, 7) is 9.72. The minimum absolute atomic E-state index is 0.811. The topological polar surface area (TPSA) is 39.1 Å². The van der Waals surface area contributed by atoms with Crippen LogP contribution in [-0.4, -0.2) is 48.5 Å². The van der Waals surface area contributed by atoms with E-state index in [1.807, 2.05) is 6.07 Å². The molecule has 0 spiro atoms. The molecule has 0 atom stereocenters. The number of oxime groups is 1. The first-order valence-electron chi connectivity index (χ1n) is 7.57. The summed E-state index contributed by atoms with van der Waals surface area (Å²) in [5, 5.41) is 12.7. The van der Waals surface area contributed by atoms with Crippen molar-refractivity contribution in [3.05, 3.63) is 29.8 Å². The average Bonchev–Trinajstić information content (AvgIpc) is 2.68. The third-order valence-corrected chi connectivity index (χ3v) is 4.10. The van der Waals surface area contributed by atoms with Gasteiger partial charge in [-0.1, -0.05) is 37.2 Å². The van der Waals surface area contributed by atoms with Gasteiger partial charge in [0.25, 0.3) is 0 Å². The molecule has 20 heavy (non-hydrogen) atoms. The second-order valence-corrected chi connectivity index (χ2v) is 5.18. The van der Waals surface area contributed by atoms with E-state index in [2.05, 4.69) is 47.0 Å². The molecule has 0 bridgehead atoms. The maximum Gasteiger partial charge on any atom is 0.0889 e. The Morgan fingerprint density at radius 2 is 2.00 bits per heavy atom. The molecule has 4 heteroatoms. The smallest absolute Gasteiger partial charge is 0.0889 e. The molecular weight excluding hydrogens is 250 g/mol. The number of hydrogen-bond acceptors (Lipinski definition) is 4. The van der Waals surface area contributed by atoms with E-state index in [0.717, 1.165) is 56.8 Å². The van der Waals surface area contributed by atoms with Crippen LogP contribution in [0.4, 0.5) is 5.69 Å². The van der Waals surface area contributed by atoms with Gasteiger partial charge < -0.3 is 15.0 Å². The predicted octanol–water partition coefficient (Wildman–Crippen LogP) is 2.81. The number of para-hydroxylation sites is 1. The molecule has 2 rings (SSSR count). The summed E-state index contributed by atoms with van der Waals surface area (Å²) in [6.07, 6.45) is 1.88. The maximum atomic E-state index is 9.20. The molecule has 4 nitrogen and oxygen atoms in total. The van der Waals surface area contributed by atoms with Gasteiger partial charge in [0.05, 0.1) is 5.71 Å². The number of hydrogen-bond donors (Lipinski definition) is 1. The number of benzene rings is 1. The van der Waals surface area contributed by atoms with E-state index in [4.69, 9.17) is 0 Å². The lowest BCUT2D eigenvalue weighted by Crippen LogP contribution is -2.35. The summed E-state index contributed by atoms with van der Waals surface area (Å²) in [4.78, 5) is 4.86. The lowest BCUT2D eigenvalue weighted by molar-refractivity contribution is 0.309. The highest BCUT2D eigenvalue weighted by Crippen LogP contribution is 2.26. The van der Waals surface area contributed by atoms with Gasteiger partial charge in [0.15, 0.2) is 0 Å². The second-order valence-electron chi connectivity index (χ2n) is 5.18. The lowest BCUT2D eigenvalue weighted by Gasteiger charge is -2.28. The average molecular weight is 275 g/mol.